The van der Waals surface area contributed by atoms with Gasteiger partial charge in [-0.2, -0.15) is 5.10 Å². The molecule has 0 aromatic heterocycles. The minimum atomic E-state index is -0.314. The fourth-order valence-corrected chi connectivity index (χ4v) is 2.51. The van der Waals surface area contributed by atoms with Crippen LogP contribution in [0.25, 0.3) is 0 Å². The number of methoxy groups -OCH3 is 3. The average molecular weight is 393 g/mol. The van der Waals surface area contributed by atoms with Gasteiger partial charge in [-0.3, -0.25) is 4.79 Å². The Morgan fingerprint density at radius 2 is 1.71 bits per heavy atom. The highest BCUT2D eigenvalue weighted by Gasteiger charge is 2.12. The number of hydrogen-bond donors (Lipinski definition) is 1. The van der Waals surface area contributed by atoms with Gasteiger partial charge in [0, 0.05) is 10.0 Å². The van der Waals surface area contributed by atoms with Gasteiger partial charge in [0.05, 0.1) is 33.1 Å². The Hall–Kier alpha value is -2.54. The number of benzene rings is 2. The number of hydrazone groups is 1. The van der Waals surface area contributed by atoms with Crippen molar-refractivity contribution in [1.29, 1.82) is 0 Å². The fraction of sp³-hybridized carbons (Fsp3) is 0.176. The largest absolute Gasteiger partial charge is 0.493 e. The van der Waals surface area contributed by atoms with Crippen molar-refractivity contribution in [2.24, 2.45) is 5.10 Å². The van der Waals surface area contributed by atoms with Crippen molar-refractivity contribution in [2.45, 2.75) is 0 Å². The van der Waals surface area contributed by atoms with Crippen LogP contribution in [0.2, 0.25) is 0 Å². The summed E-state index contributed by atoms with van der Waals surface area (Å²) in [7, 11) is 4.60. The normalized spacial score (nSPS) is 10.5. The molecule has 7 heteroatoms. The molecule has 2 aromatic rings. The molecule has 0 bridgehead atoms. The number of carbonyl (C=O) groups excluding carboxylic acids is 1. The fourth-order valence-electron chi connectivity index (χ4n) is 2.05. The molecule has 0 aliphatic rings. The predicted molar refractivity (Wildman–Crippen MR) is 95.3 cm³/mol. The van der Waals surface area contributed by atoms with Crippen LogP contribution in [0.1, 0.15) is 15.9 Å². The summed E-state index contributed by atoms with van der Waals surface area (Å²) in [5, 5.41) is 3.97. The summed E-state index contributed by atoms with van der Waals surface area (Å²) in [6, 6.07) is 10.6. The molecular weight excluding hydrogens is 376 g/mol. The highest BCUT2D eigenvalue weighted by atomic mass is 79.9. The van der Waals surface area contributed by atoms with Crippen molar-refractivity contribution in [3.63, 3.8) is 0 Å². The highest BCUT2D eigenvalue weighted by Crippen LogP contribution is 2.37. The minimum Gasteiger partial charge on any atom is -0.493 e. The first-order chi connectivity index (χ1) is 11.6. The van der Waals surface area contributed by atoms with Crippen molar-refractivity contribution < 1.29 is 19.0 Å². The predicted octanol–water partition coefficient (Wildman–Crippen LogP) is 3.24. The average Bonchev–Trinajstić information content (AvgIpc) is 2.60. The van der Waals surface area contributed by atoms with E-state index in [4.69, 9.17) is 14.2 Å². The zero-order valence-electron chi connectivity index (χ0n) is 13.5. The number of rotatable bonds is 6. The summed E-state index contributed by atoms with van der Waals surface area (Å²) in [6.07, 6.45) is 1.50. The molecule has 2 rings (SSSR count). The maximum Gasteiger partial charge on any atom is 0.272 e. The van der Waals surface area contributed by atoms with Crippen LogP contribution in [0.4, 0.5) is 0 Å². The molecule has 0 aliphatic carbocycles. The quantitative estimate of drug-likeness (QED) is 0.605. The van der Waals surface area contributed by atoms with Crippen LogP contribution >= 0.6 is 15.9 Å². The molecule has 1 amide bonds. The molecule has 0 fully saturated rings. The lowest BCUT2D eigenvalue weighted by Crippen LogP contribution is -2.18. The number of carbonyl (C=O) groups is 1. The van der Waals surface area contributed by atoms with Gasteiger partial charge in [0.25, 0.3) is 5.91 Å². The topological polar surface area (TPSA) is 69.2 Å². The third kappa shape index (κ3) is 4.05. The number of amides is 1. The molecule has 2 aromatic carbocycles. The van der Waals surface area contributed by atoms with E-state index in [0.29, 0.717) is 32.8 Å². The van der Waals surface area contributed by atoms with Crippen molar-refractivity contribution in [2.75, 3.05) is 21.3 Å². The number of nitrogens with zero attached hydrogens (tertiary/aromatic N) is 1. The van der Waals surface area contributed by atoms with Gasteiger partial charge in [0.2, 0.25) is 5.75 Å². The van der Waals surface area contributed by atoms with Crippen LogP contribution in [0.3, 0.4) is 0 Å². The minimum absolute atomic E-state index is 0.314. The zero-order chi connectivity index (χ0) is 17.5. The van der Waals surface area contributed by atoms with Crippen molar-refractivity contribution in [1.82, 2.24) is 5.43 Å². The molecule has 0 saturated heterocycles. The molecule has 0 aliphatic heterocycles. The molecule has 6 nitrogen and oxygen atoms in total. The molecule has 0 atom stereocenters. The van der Waals surface area contributed by atoms with Gasteiger partial charge in [0.15, 0.2) is 11.5 Å². The number of ether oxygens (including phenoxy) is 3. The third-order valence-corrected chi connectivity index (χ3v) is 3.88. The second kappa shape index (κ2) is 8.35. The van der Waals surface area contributed by atoms with E-state index < -0.39 is 0 Å². The van der Waals surface area contributed by atoms with E-state index in [1.165, 1.54) is 27.5 Å². The first-order valence-corrected chi connectivity index (χ1v) is 7.78. The molecule has 0 radical (unpaired) electrons. The first kappa shape index (κ1) is 17.8. The summed E-state index contributed by atoms with van der Waals surface area (Å²) in [6.45, 7) is 0. The number of nitrogens with one attached hydrogen (secondary N) is 1. The molecule has 1 N–H and O–H groups in total. The third-order valence-electron chi connectivity index (χ3n) is 3.19. The van der Waals surface area contributed by atoms with E-state index in [1.807, 2.05) is 6.07 Å². The van der Waals surface area contributed by atoms with E-state index in [0.717, 1.165) is 0 Å². The summed E-state index contributed by atoms with van der Waals surface area (Å²) in [5.41, 5.74) is 3.67. The molecule has 0 saturated carbocycles. The van der Waals surface area contributed by atoms with Crippen molar-refractivity contribution >= 4 is 28.1 Å². The Bertz CT molecular complexity index is 737. The molecular formula is C17H17BrN2O4. The van der Waals surface area contributed by atoms with E-state index >= 15 is 0 Å². The molecule has 0 spiro atoms. The molecule has 0 heterocycles. The lowest BCUT2D eigenvalue weighted by Gasteiger charge is -2.12. The lowest BCUT2D eigenvalue weighted by molar-refractivity contribution is 0.0954. The molecule has 126 valence electrons. The first-order valence-electron chi connectivity index (χ1n) is 6.98. The van der Waals surface area contributed by atoms with Gasteiger partial charge in [0.1, 0.15) is 0 Å². The summed E-state index contributed by atoms with van der Waals surface area (Å²) < 4.78 is 16.5. The van der Waals surface area contributed by atoms with Gasteiger partial charge >= 0.3 is 0 Å². The summed E-state index contributed by atoms with van der Waals surface area (Å²) in [4.78, 5) is 12.1. The summed E-state index contributed by atoms with van der Waals surface area (Å²) in [5.74, 6) is 1.20. The van der Waals surface area contributed by atoms with Crippen LogP contribution in [0.15, 0.2) is 46.0 Å². The van der Waals surface area contributed by atoms with Gasteiger partial charge in [-0.25, -0.2) is 5.43 Å². The van der Waals surface area contributed by atoms with E-state index in [2.05, 4.69) is 26.5 Å². The smallest absolute Gasteiger partial charge is 0.272 e. The lowest BCUT2D eigenvalue weighted by atomic mass is 10.2. The van der Waals surface area contributed by atoms with Gasteiger partial charge < -0.3 is 14.2 Å². The Kier molecular flexibility index (Phi) is 6.20. The Morgan fingerprint density at radius 3 is 2.25 bits per heavy atom. The second-order valence-corrected chi connectivity index (χ2v) is 5.49. The summed E-state index contributed by atoms with van der Waals surface area (Å²) >= 11 is 3.33. The van der Waals surface area contributed by atoms with Gasteiger partial charge in [-0.1, -0.05) is 12.1 Å². The zero-order valence-corrected chi connectivity index (χ0v) is 15.1. The maximum atomic E-state index is 12.1. The van der Waals surface area contributed by atoms with E-state index in [-0.39, 0.29) is 5.91 Å². The van der Waals surface area contributed by atoms with Crippen molar-refractivity contribution in [3.05, 3.63) is 52.0 Å². The highest BCUT2D eigenvalue weighted by molar-refractivity contribution is 9.10. The molecule has 24 heavy (non-hydrogen) atoms. The van der Waals surface area contributed by atoms with Gasteiger partial charge in [-0.15, -0.1) is 0 Å². The Labute approximate surface area is 148 Å². The number of halogens is 1. The van der Waals surface area contributed by atoms with Crippen molar-refractivity contribution in [3.8, 4) is 17.2 Å². The standard InChI is InChI=1S/C17H17BrN2O4/c1-22-14-8-11(9-15(23-2)16(14)24-3)10-19-20-17(21)12-6-4-5-7-13(12)18/h4-10H,1-3H3,(H,20,21). The van der Waals surface area contributed by atoms with Crippen LogP contribution in [-0.4, -0.2) is 33.5 Å². The molecule has 0 unspecified atom stereocenters. The van der Waals surface area contributed by atoms with Crippen LogP contribution in [0.5, 0.6) is 17.2 Å². The maximum absolute atomic E-state index is 12.1. The monoisotopic (exact) mass is 392 g/mol. The number of hydrogen-bond acceptors (Lipinski definition) is 5. The van der Waals surface area contributed by atoms with Crippen LogP contribution in [0, 0.1) is 0 Å². The SMILES string of the molecule is COc1cc(C=NNC(=O)c2ccccc2Br)cc(OC)c1OC. The van der Waals surface area contributed by atoms with Gasteiger partial charge in [-0.05, 0) is 40.2 Å². The van der Waals surface area contributed by atoms with Crippen LogP contribution < -0.4 is 19.6 Å². The van der Waals surface area contributed by atoms with Crippen LogP contribution in [-0.2, 0) is 0 Å². The van der Waals surface area contributed by atoms with E-state index in [9.17, 15) is 4.79 Å². The second-order valence-electron chi connectivity index (χ2n) is 4.64. The van der Waals surface area contributed by atoms with E-state index in [1.54, 1.807) is 30.3 Å². The Balaban J connectivity index is 2.17. The Morgan fingerprint density at radius 1 is 1.08 bits per heavy atom.